The fourth-order valence-electron chi connectivity index (χ4n) is 1.82. The Bertz CT molecular complexity index is 826. The van der Waals surface area contributed by atoms with Gasteiger partial charge < -0.3 is 0 Å². The van der Waals surface area contributed by atoms with E-state index in [9.17, 15) is 4.39 Å². The second-order valence-corrected chi connectivity index (χ2v) is 9.55. The minimum Gasteiger partial charge on any atom is -0.207 e. The van der Waals surface area contributed by atoms with E-state index in [1.165, 1.54) is 34.7 Å². The summed E-state index contributed by atoms with van der Waals surface area (Å²) in [5.74, 6) is 1.15. The van der Waals surface area contributed by atoms with Crippen molar-refractivity contribution in [1.29, 1.82) is 0 Å². The summed E-state index contributed by atoms with van der Waals surface area (Å²) in [5, 5.41) is 9.08. The Morgan fingerprint density at radius 2 is 1.67 bits per heavy atom. The second-order valence-electron chi connectivity index (χ2n) is 4.77. The van der Waals surface area contributed by atoms with E-state index in [1.807, 2.05) is 30.3 Å². The number of halogens is 3. The normalized spacial score (nSPS) is 11.0. The summed E-state index contributed by atoms with van der Waals surface area (Å²) in [5.41, 5.74) is 1.85. The number of nitrogens with zero attached hydrogens (tertiary/aromatic N) is 2. The van der Waals surface area contributed by atoms with Gasteiger partial charge in [-0.05, 0) is 35.4 Å². The zero-order valence-electron chi connectivity index (χ0n) is 12.2. The number of aromatic nitrogens is 2. The van der Waals surface area contributed by atoms with Crippen molar-refractivity contribution >= 4 is 62.4 Å². The predicted molar refractivity (Wildman–Crippen MR) is 105 cm³/mol. The molecule has 8 heteroatoms. The molecule has 0 aliphatic rings. The van der Waals surface area contributed by atoms with Gasteiger partial charge in [0.1, 0.15) is 5.82 Å². The summed E-state index contributed by atoms with van der Waals surface area (Å²) in [4.78, 5) is 0. The van der Waals surface area contributed by atoms with E-state index in [0.717, 1.165) is 23.9 Å². The van der Waals surface area contributed by atoms with Crippen LogP contribution in [-0.4, -0.2) is 10.2 Å². The molecule has 3 aromatic rings. The third-order valence-corrected chi connectivity index (χ3v) is 7.08. The van der Waals surface area contributed by atoms with E-state index in [-0.39, 0.29) is 5.82 Å². The maximum absolute atomic E-state index is 13.8. The first-order chi connectivity index (χ1) is 11.6. The predicted octanol–water partition coefficient (Wildman–Crippen LogP) is 6.68. The molecule has 0 N–H and O–H groups in total. The molecule has 24 heavy (non-hydrogen) atoms. The summed E-state index contributed by atoms with van der Waals surface area (Å²) in [6.07, 6.45) is 0. The highest BCUT2D eigenvalue weighted by Crippen LogP contribution is 2.33. The Hall–Kier alpha value is -0.600. The van der Waals surface area contributed by atoms with Crippen molar-refractivity contribution < 1.29 is 4.39 Å². The van der Waals surface area contributed by atoms with Gasteiger partial charge in [-0.15, -0.1) is 10.2 Å². The zero-order valence-corrected chi connectivity index (χ0v) is 17.0. The summed E-state index contributed by atoms with van der Waals surface area (Å²) < 4.78 is 16.3. The van der Waals surface area contributed by atoms with E-state index in [4.69, 9.17) is 11.6 Å². The molecular weight excluding hydrogens is 451 g/mol. The Morgan fingerprint density at radius 1 is 1.00 bits per heavy atom. The molecule has 3 rings (SSSR count). The van der Waals surface area contributed by atoms with Gasteiger partial charge in [-0.3, -0.25) is 0 Å². The van der Waals surface area contributed by atoms with Gasteiger partial charge in [0.15, 0.2) is 8.68 Å². The highest BCUT2D eigenvalue weighted by Gasteiger charge is 2.09. The molecule has 2 aromatic carbocycles. The first-order valence-corrected chi connectivity index (χ1v) is 10.8. The Balaban J connectivity index is 1.54. The fourth-order valence-corrected chi connectivity index (χ4v) is 5.24. The number of hydrogen-bond acceptors (Lipinski definition) is 5. The van der Waals surface area contributed by atoms with Crippen LogP contribution in [0.2, 0.25) is 5.02 Å². The fraction of sp³-hybridized carbons (Fsp3) is 0.125. The highest BCUT2D eigenvalue weighted by molar-refractivity contribution is 9.10. The number of thioether (sulfide) groups is 2. The van der Waals surface area contributed by atoms with Crippen LogP contribution in [0.5, 0.6) is 0 Å². The molecule has 0 bridgehead atoms. The molecule has 1 heterocycles. The highest BCUT2D eigenvalue weighted by atomic mass is 79.9. The van der Waals surface area contributed by atoms with Gasteiger partial charge in [-0.1, -0.05) is 80.6 Å². The van der Waals surface area contributed by atoms with Crippen LogP contribution < -0.4 is 0 Å². The van der Waals surface area contributed by atoms with Gasteiger partial charge >= 0.3 is 0 Å². The molecular formula is C16H11BrClFN2S3. The lowest BCUT2D eigenvalue weighted by Crippen LogP contribution is -1.87. The van der Waals surface area contributed by atoms with E-state index in [1.54, 1.807) is 17.8 Å². The molecule has 0 saturated heterocycles. The lowest BCUT2D eigenvalue weighted by molar-refractivity contribution is 0.616. The summed E-state index contributed by atoms with van der Waals surface area (Å²) in [6, 6.07) is 12.9. The molecule has 0 unspecified atom stereocenters. The average molecular weight is 462 g/mol. The molecule has 0 radical (unpaired) electrons. The van der Waals surface area contributed by atoms with Crippen molar-refractivity contribution in [3.63, 3.8) is 0 Å². The van der Waals surface area contributed by atoms with E-state index in [2.05, 4.69) is 26.1 Å². The van der Waals surface area contributed by atoms with Crippen molar-refractivity contribution in [2.75, 3.05) is 0 Å². The Kier molecular flexibility index (Phi) is 6.57. The first kappa shape index (κ1) is 18.2. The first-order valence-electron chi connectivity index (χ1n) is 6.87. The zero-order chi connectivity index (χ0) is 16.9. The lowest BCUT2D eigenvalue weighted by atomic mass is 10.2. The minimum absolute atomic E-state index is 0.210. The minimum atomic E-state index is -0.210. The van der Waals surface area contributed by atoms with Crippen molar-refractivity contribution in [2.45, 2.75) is 20.2 Å². The summed E-state index contributed by atoms with van der Waals surface area (Å²) in [6.45, 7) is 0. The molecule has 0 saturated carbocycles. The number of benzene rings is 2. The third kappa shape index (κ3) is 5.20. The van der Waals surface area contributed by atoms with E-state index in [0.29, 0.717) is 11.3 Å². The summed E-state index contributed by atoms with van der Waals surface area (Å²) >= 11 is 13.8. The van der Waals surface area contributed by atoms with Crippen LogP contribution in [0.15, 0.2) is 55.6 Å². The van der Waals surface area contributed by atoms with Gasteiger partial charge in [0.05, 0.1) is 0 Å². The molecule has 0 fully saturated rings. The van der Waals surface area contributed by atoms with Crippen LogP contribution in [0.25, 0.3) is 0 Å². The topological polar surface area (TPSA) is 25.8 Å². The molecule has 0 spiro atoms. The smallest absolute Gasteiger partial charge is 0.175 e. The number of rotatable bonds is 6. The molecule has 0 atom stereocenters. The van der Waals surface area contributed by atoms with Gasteiger partial charge in [-0.25, -0.2) is 4.39 Å². The molecule has 124 valence electrons. The van der Waals surface area contributed by atoms with Crippen molar-refractivity contribution in [3.05, 3.63) is 68.9 Å². The summed E-state index contributed by atoms with van der Waals surface area (Å²) in [7, 11) is 0. The van der Waals surface area contributed by atoms with Crippen LogP contribution in [0.3, 0.4) is 0 Å². The van der Waals surface area contributed by atoms with Gasteiger partial charge in [0.2, 0.25) is 0 Å². The lowest BCUT2D eigenvalue weighted by Gasteiger charge is -2.01. The number of hydrogen-bond donors (Lipinski definition) is 0. The molecule has 0 amide bonds. The van der Waals surface area contributed by atoms with Gasteiger partial charge in [0.25, 0.3) is 0 Å². The van der Waals surface area contributed by atoms with Crippen LogP contribution in [-0.2, 0) is 11.5 Å². The van der Waals surface area contributed by atoms with Crippen LogP contribution in [0.4, 0.5) is 4.39 Å². The van der Waals surface area contributed by atoms with Gasteiger partial charge in [0, 0.05) is 21.0 Å². The van der Waals surface area contributed by atoms with Crippen LogP contribution in [0, 0.1) is 5.82 Å². The van der Waals surface area contributed by atoms with Crippen molar-refractivity contribution in [2.24, 2.45) is 0 Å². The van der Waals surface area contributed by atoms with Crippen LogP contribution >= 0.6 is 62.4 Å². The monoisotopic (exact) mass is 460 g/mol. The van der Waals surface area contributed by atoms with Crippen LogP contribution in [0.1, 0.15) is 11.1 Å². The molecule has 1 aromatic heterocycles. The van der Waals surface area contributed by atoms with E-state index < -0.39 is 0 Å². The quantitative estimate of drug-likeness (QED) is 0.382. The maximum Gasteiger partial charge on any atom is 0.175 e. The van der Waals surface area contributed by atoms with Crippen molar-refractivity contribution in [1.82, 2.24) is 10.2 Å². The average Bonchev–Trinajstić information content (AvgIpc) is 3.01. The third-order valence-electron chi connectivity index (χ3n) is 3.03. The van der Waals surface area contributed by atoms with E-state index >= 15 is 0 Å². The molecule has 2 nitrogen and oxygen atoms in total. The molecule has 0 aliphatic carbocycles. The SMILES string of the molecule is Fc1cc(Br)ccc1CSc1nnc(SCc2ccc(Cl)cc2)s1. The standard InChI is InChI=1S/C16H11BrClFN2S3/c17-12-4-3-11(14(19)7-12)9-23-16-21-20-15(24-16)22-8-10-1-5-13(18)6-2-10/h1-7H,8-9H2. The second kappa shape index (κ2) is 8.67. The Labute approximate surface area is 165 Å². The molecule has 0 aliphatic heterocycles. The largest absolute Gasteiger partial charge is 0.207 e. The van der Waals surface area contributed by atoms with Gasteiger partial charge in [-0.2, -0.15) is 0 Å². The maximum atomic E-state index is 13.8. The van der Waals surface area contributed by atoms with Crippen molar-refractivity contribution in [3.8, 4) is 0 Å². The Morgan fingerprint density at radius 3 is 2.33 bits per heavy atom.